The summed E-state index contributed by atoms with van der Waals surface area (Å²) in [6.45, 7) is 8.31. The first-order valence-electron chi connectivity index (χ1n) is 13.9. The summed E-state index contributed by atoms with van der Waals surface area (Å²) >= 11 is 6.06. The molecule has 0 aliphatic carbocycles. The Bertz CT molecular complexity index is 1570. The number of carbonyl (C=O) groups is 2. The summed E-state index contributed by atoms with van der Waals surface area (Å²) in [4.78, 5) is 28.9. The second-order valence-electron chi connectivity index (χ2n) is 12.0. The largest absolute Gasteiger partial charge is 0.384 e. The van der Waals surface area contributed by atoms with E-state index in [1.165, 1.54) is 0 Å². The first kappa shape index (κ1) is 31.5. The number of rotatable bonds is 8. The van der Waals surface area contributed by atoms with Crippen molar-refractivity contribution in [2.24, 2.45) is 11.3 Å². The standard InChI is InChI=1S/C32H38ClN3O5S/c1-21(2)28(30(38)36-17-16-32(39,31(3,4)20-36)25-12-14-26(33)15-13-25)34-29(37)24-10-6-8-22(18-24)23-9-7-11-27(19-23)35-42(5,40)41/h6-15,18-19,21,28,35,39H,16-17,20H2,1-5H3,(H,34,37)/t28-,32+/m1/s1. The van der Waals surface area contributed by atoms with Crippen LogP contribution in [0.25, 0.3) is 11.1 Å². The third-order valence-electron chi connectivity index (χ3n) is 7.93. The van der Waals surface area contributed by atoms with Gasteiger partial charge >= 0.3 is 0 Å². The maximum Gasteiger partial charge on any atom is 0.251 e. The number of likely N-dealkylation sites (tertiary alicyclic amines) is 1. The highest BCUT2D eigenvalue weighted by Crippen LogP contribution is 2.46. The molecule has 3 aromatic rings. The third-order valence-corrected chi connectivity index (χ3v) is 8.78. The van der Waals surface area contributed by atoms with E-state index in [-0.39, 0.29) is 17.7 Å². The highest BCUT2D eigenvalue weighted by Gasteiger charge is 2.50. The lowest BCUT2D eigenvalue weighted by molar-refractivity contribution is -0.155. The lowest BCUT2D eigenvalue weighted by Crippen LogP contribution is -2.60. The van der Waals surface area contributed by atoms with E-state index in [0.717, 1.165) is 22.9 Å². The van der Waals surface area contributed by atoms with Crippen molar-refractivity contribution in [3.8, 4) is 11.1 Å². The van der Waals surface area contributed by atoms with Gasteiger partial charge in [-0.1, -0.05) is 75.7 Å². The summed E-state index contributed by atoms with van der Waals surface area (Å²) in [6, 6.07) is 20.3. The molecule has 1 aliphatic rings. The van der Waals surface area contributed by atoms with E-state index < -0.39 is 27.1 Å². The number of hydrogen-bond donors (Lipinski definition) is 3. The Morgan fingerprint density at radius 2 is 1.60 bits per heavy atom. The molecule has 0 bridgehead atoms. The summed E-state index contributed by atoms with van der Waals surface area (Å²) in [6.07, 6.45) is 1.43. The molecule has 1 fully saturated rings. The quantitative estimate of drug-likeness (QED) is 0.321. The van der Waals surface area contributed by atoms with Crippen LogP contribution in [0.15, 0.2) is 72.8 Å². The fourth-order valence-corrected chi connectivity index (χ4v) is 6.20. The molecule has 224 valence electrons. The molecule has 4 rings (SSSR count). The van der Waals surface area contributed by atoms with Crippen LogP contribution in [0.3, 0.4) is 0 Å². The highest BCUT2D eigenvalue weighted by atomic mass is 35.5. The molecule has 0 unspecified atom stereocenters. The minimum absolute atomic E-state index is 0.177. The number of aliphatic hydroxyl groups is 1. The van der Waals surface area contributed by atoms with E-state index in [4.69, 9.17) is 11.6 Å². The second-order valence-corrected chi connectivity index (χ2v) is 14.2. The number of hydrogen-bond acceptors (Lipinski definition) is 5. The van der Waals surface area contributed by atoms with Crippen LogP contribution in [0, 0.1) is 11.3 Å². The van der Waals surface area contributed by atoms with E-state index in [1.54, 1.807) is 53.4 Å². The first-order valence-corrected chi connectivity index (χ1v) is 16.1. The number of carbonyl (C=O) groups excluding carboxylic acids is 2. The molecular weight excluding hydrogens is 574 g/mol. The van der Waals surface area contributed by atoms with Gasteiger partial charge in [0.15, 0.2) is 0 Å². The number of halogens is 1. The number of sulfonamides is 1. The van der Waals surface area contributed by atoms with Crippen LogP contribution in [-0.4, -0.2) is 55.6 Å². The molecule has 1 aliphatic heterocycles. The molecule has 10 heteroatoms. The zero-order chi connectivity index (χ0) is 30.9. The summed E-state index contributed by atoms with van der Waals surface area (Å²) in [5, 5.41) is 15.2. The first-order chi connectivity index (χ1) is 19.6. The van der Waals surface area contributed by atoms with Crippen molar-refractivity contribution in [2.45, 2.75) is 45.8 Å². The van der Waals surface area contributed by atoms with Crippen LogP contribution in [0.4, 0.5) is 5.69 Å². The van der Waals surface area contributed by atoms with E-state index >= 15 is 0 Å². The van der Waals surface area contributed by atoms with Gasteiger partial charge in [-0.15, -0.1) is 0 Å². The molecule has 8 nitrogen and oxygen atoms in total. The summed E-state index contributed by atoms with van der Waals surface area (Å²) < 4.78 is 25.8. The van der Waals surface area contributed by atoms with E-state index in [0.29, 0.717) is 35.8 Å². The van der Waals surface area contributed by atoms with Crippen LogP contribution >= 0.6 is 11.6 Å². The predicted octanol–water partition coefficient (Wildman–Crippen LogP) is 5.28. The summed E-state index contributed by atoms with van der Waals surface area (Å²) in [5.41, 5.74) is 1.22. The van der Waals surface area contributed by atoms with Crippen LogP contribution in [0.1, 0.15) is 50.0 Å². The van der Waals surface area contributed by atoms with E-state index in [9.17, 15) is 23.1 Å². The topological polar surface area (TPSA) is 116 Å². The maximum absolute atomic E-state index is 13.8. The van der Waals surface area contributed by atoms with Gasteiger partial charge in [0, 0.05) is 34.8 Å². The minimum atomic E-state index is -3.44. The normalized spacial score (nSPS) is 19.3. The molecule has 0 radical (unpaired) electrons. The molecule has 1 saturated heterocycles. The zero-order valence-electron chi connectivity index (χ0n) is 24.5. The van der Waals surface area contributed by atoms with Crippen molar-refractivity contribution in [3.63, 3.8) is 0 Å². The minimum Gasteiger partial charge on any atom is -0.384 e. The molecule has 0 saturated carbocycles. The number of benzene rings is 3. The fourth-order valence-electron chi connectivity index (χ4n) is 5.52. The lowest BCUT2D eigenvalue weighted by atomic mass is 9.66. The number of amides is 2. The fraction of sp³-hybridized carbons (Fsp3) is 0.375. The zero-order valence-corrected chi connectivity index (χ0v) is 26.1. The van der Waals surface area contributed by atoms with Gasteiger partial charge in [0.1, 0.15) is 6.04 Å². The van der Waals surface area contributed by atoms with Gasteiger partial charge in [0.2, 0.25) is 15.9 Å². The Balaban J connectivity index is 1.50. The average Bonchev–Trinajstić information content (AvgIpc) is 2.92. The predicted molar refractivity (Wildman–Crippen MR) is 167 cm³/mol. The van der Waals surface area contributed by atoms with Crippen LogP contribution < -0.4 is 10.0 Å². The molecule has 2 amide bonds. The Morgan fingerprint density at radius 1 is 0.976 bits per heavy atom. The molecule has 42 heavy (non-hydrogen) atoms. The van der Waals surface area contributed by atoms with Gasteiger partial charge in [-0.2, -0.15) is 0 Å². The number of anilines is 1. The van der Waals surface area contributed by atoms with Crippen LogP contribution in [0.5, 0.6) is 0 Å². The molecule has 3 N–H and O–H groups in total. The Kier molecular flexibility index (Phi) is 9.06. The highest BCUT2D eigenvalue weighted by molar-refractivity contribution is 7.92. The summed E-state index contributed by atoms with van der Waals surface area (Å²) in [5.74, 6) is -0.757. The van der Waals surface area contributed by atoms with Gasteiger partial charge in [-0.05, 0) is 65.4 Å². The van der Waals surface area contributed by atoms with Gasteiger partial charge in [0.25, 0.3) is 5.91 Å². The molecule has 1 heterocycles. The average molecular weight is 612 g/mol. The van der Waals surface area contributed by atoms with Gasteiger partial charge in [-0.25, -0.2) is 8.42 Å². The van der Waals surface area contributed by atoms with Gasteiger partial charge < -0.3 is 15.3 Å². The van der Waals surface area contributed by atoms with Crippen molar-refractivity contribution in [3.05, 3.63) is 88.9 Å². The Labute approximate surface area is 253 Å². The Hall–Kier alpha value is -3.40. The van der Waals surface area contributed by atoms with Crippen LogP contribution in [-0.2, 0) is 20.4 Å². The maximum atomic E-state index is 13.8. The molecule has 2 atom stereocenters. The molecule has 3 aromatic carbocycles. The van der Waals surface area contributed by atoms with Gasteiger partial charge in [0.05, 0.1) is 11.9 Å². The Morgan fingerprint density at radius 3 is 2.19 bits per heavy atom. The summed E-state index contributed by atoms with van der Waals surface area (Å²) in [7, 11) is -3.44. The van der Waals surface area contributed by atoms with Crippen molar-refractivity contribution < 1.29 is 23.1 Å². The van der Waals surface area contributed by atoms with Gasteiger partial charge in [-0.3, -0.25) is 14.3 Å². The molecular formula is C32H38ClN3O5S. The van der Waals surface area contributed by atoms with E-state index in [2.05, 4.69) is 10.0 Å². The number of nitrogens with zero attached hydrogens (tertiary/aromatic N) is 1. The number of nitrogens with one attached hydrogen (secondary N) is 2. The SMILES string of the molecule is CC(C)[C@@H](NC(=O)c1cccc(-c2cccc(NS(C)(=O)=O)c2)c1)C(=O)N1CC[C@](O)(c2ccc(Cl)cc2)C(C)(C)C1. The lowest BCUT2D eigenvalue weighted by Gasteiger charge is -2.51. The monoisotopic (exact) mass is 611 g/mol. The number of piperidine rings is 1. The molecule has 0 aromatic heterocycles. The van der Waals surface area contributed by atoms with Crippen molar-refractivity contribution in [1.82, 2.24) is 10.2 Å². The van der Waals surface area contributed by atoms with Crippen molar-refractivity contribution >= 4 is 39.1 Å². The second kappa shape index (κ2) is 12.1. The smallest absolute Gasteiger partial charge is 0.251 e. The molecule has 0 spiro atoms. The third kappa shape index (κ3) is 6.97. The van der Waals surface area contributed by atoms with Crippen LogP contribution in [0.2, 0.25) is 5.02 Å². The van der Waals surface area contributed by atoms with Crippen molar-refractivity contribution in [1.29, 1.82) is 0 Å². The van der Waals surface area contributed by atoms with Crippen molar-refractivity contribution in [2.75, 3.05) is 24.1 Å². The van der Waals surface area contributed by atoms with E-state index in [1.807, 2.05) is 52.0 Å².